The fraction of sp³-hybridized carbons (Fsp3) is 0.208. The van der Waals surface area contributed by atoms with Crippen LogP contribution in [0, 0.1) is 0 Å². The number of carbonyl (C=O) groups is 1. The van der Waals surface area contributed by atoms with Crippen LogP contribution in [0.3, 0.4) is 0 Å². The summed E-state index contributed by atoms with van der Waals surface area (Å²) in [6, 6.07) is 16.4. The van der Waals surface area contributed by atoms with Crippen LogP contribution < -0.4 is 14.5 Å². The average Bonchev–Trinajstić information content (AvgIpc) is 3.30. The highest BCUT2D eigenvalue weighted by molar-refractivity contribution is 7.80. The molecule has 4 rings (SSSR count). The maximum atomic E-state index is 13.0. The first-order chi connectivity index (χ1) is 16.5. The zero-order valence-electron chi connectivity index (χ0n) is 20.0. The molecule has 0 radical (unpaired) electrons. The van der Waals surface area contributed by atoms with Crippen molar-refractivity contribution in [3.63, 3.8) is 0 Å². The molecule has 0 saturated carbocycles. The number of para-hydroxylation sites is 1. The number of hydrogen-bond acceptors (Lipinski definition) is 8. The quantitative estimate of drug-likeness (QED) is 0.224. The number of hydrazone groups is 1. The van der Waals surface area contributed by atoms with E-state index in [4.69, 9.17) is 0 Å². The minimum Gasteiger partial charge on any atom is -0.726 e. The summed E-state index contributed by atoms with van der Waals surface area (Å²) in [5, 5.41) is 6.83. The lowest BCUT2D eigenvalue weighted by Crippen LogP contribution is -2.36. The van der Waals surface area contributed by atoms with Gasteiger partial charge in [0, 0.05) is 19.8 Å². The number of amides is 1. The van der Waals surface area contributed by atoms with Crippen LogP contribution in [-0.4, -0.2) is 45.8 Å². The third-order valence-corrected chi connectivity index (χ3v) is 6.73. The third kappa shape index (κ3) is 6.40. The first-order valence-corrected chi connectivity index (χ1v) is 12.6. The minimum absolute atomic E-state index is 0.0998. The van der Waals surface area contributed by atoms with Crippen molar-refractivity contribution in [3.05, 3.63) is 71.8 Å². The number of nitrogens with zero attached hydrogens (tertiary/aromatic N) is 4. The largest absolute Gasteiger partial charge is 0.726 e. The summed E-state index contributed by atoms with van der Waals surface area (Å²) in [5.41, 5.74) is 4.66. The van der Waals surface area contributed by atoms with Crippen molar-refractivity contribution in [2.75, 3.05) is 31.1 Å². The van der Waals surface area contributed by atoms with Gasteiger partial charge in [-0.15, -0.1) is 0 Å². The van der Waals surface area contributed by atoms with Gasteiger partial charge in [0.15, 0.2) is 0 Å². The highest BCUT2D eigenvalue weighted by Crippen LogP contribution is 2.30. The fourth-order valence-corrected chi connectivity index (χ4v) is 4.35. The predicted molar refractivity (Wildman–Crippen MR) is 138 cm³/mol. The average molecular weight is 515 g/mol. The van der Waals surface area contributed by atoms with Crippen LogP contribution in [0.25, 0.3) is 16.3 Å². The molecule has 1 amide bonds. The van der Waals surface area contributed by atoms with Crippen LogP contribution in [0.2, 0.25) is 0 Å². The van der Waals surface area contributed by atoms with Crippen molar-refractivity contribution in [1.29, 1.82) is 0 Å². The summed E-state index contributed by atoms with van der Waals surface area (Å²) < 4.78 is 34.2. The standard InChI is InChI=1S/C23H23N4OS.CH4O4S/c1-16-19(9-7-8-17-12-14-18(15-13-17)25(2)3)22(28)27(24-16)23-26(4)20-10-5-6-11-21(20)29-23;1-5-6(2,3)4/h5-15H,1-4H3;1H3,(H,2,3,4)/q+1;/p-1/b8-7+,19-9+;. The van der Waals surface area contributed by atoms with Crippen molar-refractivity contribution in [2.45, 2.75) is 6.92 Å². The van der Waals surface area contributed by atoms with Gasteiger partial charge in [0.05, 0.1) is 30.1 Å². The third-order valence-electron chi connectivity index (χ3n) is 5.12. The second kappa shape index (κ2) is 10.9. The van der Waals surface area contributed by atoms with Gasteiger partial charge in [-0.25, -0.2) is 17.8 Å². The molecule has 184 valence electrons. The molecule has 1 aliphatic rings. The number of carbonyl (C=O) groups excluding carboxylic acids is 1. The predicted octanol–water partition coefficient (Wildman–Crippen LogP) is 3.25. The number of rotatable bonds is 5. The smallest absolute Gasteiger partial charge is 0.370 e. The summed E-state index contributed by atoms with van der Waals surface area (Å²) in [6.45, 7) is 1.87. The first kappa shape index (κ1) is 26.2. The Hall–Kier alpha value is -3.38. The van der Waals surface area contributed by atoms with E-state index in [0.29, 0.717) is 5.57 Å². The van der Waals surface area contributed by atoms with E-state index in [9.17, 15) is 17.8 Å². The molecule has 0 fully saturated rings. The molecule has 1 aliphatic heterocycles. The lowest BCUT2D eigenvalue weighted by molar-refractivity contribution is -0.627. The van der Waals surface area contributed by atoms with E-state index in [2.05, 4.69) is 44.5 Å². The molecule has 1 aromatic heterocycles. The van der Waals surface area contributed by atoms with Gasteiger partial charge in [-0.3, -0.25) is 4.18 Å². The molecule has 9 nitrogen and oxygen atoms in total. The topological polar surface area (TPSA) is 106 Å². The number of aromatic nitrogens is 1. The van der Waals surface area contributed by atoms with E-state index < -0.39 is 10.4 Å². The molecule has 0 aliphatic carbocycles. The van der Waals surface area contributed by atoms with Crippen LogP contribution in [0.1, 0.15) is 12.5 Å². The van der Waals surface area contributed by atoms with Crippen molar-refractivity contribution in [3.8, 4) is 0 Å². The Morgan fingerprint density at radius 2 is 1.77 bits per heavy atom. The first-order valence-electron chi connectivity index (χ1n) is 10.5. The van der Waals surface area contributed by atoms with Gasteiger partial charge < -0.3 is 9.45 Å². The highest BCUT2D eigenvalue weighted by Gasteiger charge is 2.39. The summed E-state index contributed by atoms with van der Waals surface area (Å²) >= 11 is 1.57. The van der Waals surface area contributed by atoms with Gasteiger partial charge >= 0.3 is 11.0 Å². The van der Waals surface area contributed by atoms with Gasteiger partial charge in [-0.2, -0.15) is 0 Å². The lowest BCUT2D eigenvalue weighted by atomic mass is 10.1. The molecule has 3 aromatic rings. The molecule has 0 N–H and O–H groups in total. The van der Waals surface area contributed by atoms with Crippen molar-refractivity contribution >= 4 is 60.5 Å². The maximum absolute atomic E-state index is 13.0. The number of fused-ring (bicyclic) bond motifs is 1. The van der Waals surface area contributed by atoms with Crippen LogP contribution in [0.15, 0.2) is 71.4 Å². The Labute approximate surface area is 208 Å². The summed E-state index contributed by atoms with van der Waals surface area (Å²) in [4.78, 5) is 15.1. The van der Waals surface area contributed by atoms with E-state index in [1.807, 2.05) is 69.1 Å². The second-order valence-electron chi connectivity index (χ2n) is 7.71. The Kier molecular flexibility index (Phi) is 8.18. The lowest BCUT2D eigenvalue weighted by Gasteiger charge is -2.11. The van der Waals surface area contributed by atoms with Gasteiger partial charge in [0.2, 0.25) is 10.4 Å². The van der Waals surface area contributed by atoms with Gasteiger partial charge in [0.1, 0.15) is 5.52 Å². The highest BCUT2D eigenvalue weighted by atomic mass is 32.3. The van der Waals surface area contributed by atoms with Gasteiger partial charge in [-0.05, 0) is 59.2 Å². The number of thiazole rings is 1. The zero-order valence-corrected chi connectivity index (χ0v) is 21.6. The molecule has 2 aromatic carbocycles. The zero-order chi connectivity index (χ0) is 25.8. The van der Waals surface area contributed by atoms with E-state index in [0.717, 1.165) is 39.4 Å². The molecule has 11 heteroatoms. The number of hydrogen-bond donors (Lipinski definition) is 0. The number of benzene rings is 2. The summed E-state index contributed by atoms with van der Waals surface area (Å²) in [7, 11) is 2.40. The van der Waals surface area contributed by atoms with E-state index in [1.54, 1.807) is 11.3 Å². The second-order valence-corrected chi connectivity index (χ2v) is 9.87. The minimum atomic E-state index is -4.41. The number of allylic oxidation sites excluding steroid dienone is 2. The Morgan fingerprint density at radius 3 is 2.34 bits per heavy atom. The van der Waals surface area contributed by atoms with Gasteiger partial charge in [-0.1, -0.05) is 41.5 Å². The summed E-state index contributed by atoms with van der Waals surface area (Å²) in [5.74, 6) is -0.0998. The van der Waals surface area contributed by atoms with E-state index in [-0.39, 0.29) is 5.91 Å². The van der Waals surface area contributed by atoms with Crippen molar-refractivity contribution in [1.82, 2.24) is 0 Å². The Balaban J connectivity index is 0.000000509. The maximum Gasteiger partial charge on any atom is 0.370 e. The Morgan fingerprint density at radius 1 is 1.14 bits per heavy atom. The normalized spacial score (nSPS) is 15.0. The molecular weight excluding hydrogens is 488 g/mol. The van der Waals surface area contributed by atoms with Gasteiger partial charge in [0.25, 0.3) is 0 Å². The van der Waals surface area contributed by atoms with Crippen LogP contribution >= 0.6 is 11.3 Å². The molecule has 0 bridgehead atoms. The van der Waals surface area contributed by atoms with E-state index in [1.165, 1.54) is 5.01 Å². The molecule has 0 saturated heterocycles. The summed E-state index contributed by atoms with van der Waals surface area (Å²) in [6.07, 6.45) is 5.74. The monoisotopic (exact) mass is 514 g/mol. The van der Waals surface area contributed by atoms with Crippen LogP contribution in [-0.2, 0) is 26.4 Å². The molecular formula is C24H26N4O5S2. The van der Waals surface area contributed by atoms with E-state index >= 15 is 0 Å². The Bertz CT molecular complexity index is 1420. The molecule has 0 spiro atoms. The SMILES string of the molecule is CC1=NN(c2sc3ccccc3[n+]2C)C(=O)/C1=C/C=C/c1ccc(N(C)C)cc1.COS(=O)(=O)[O-]. The van der Waals surface area contributed by atoms with Crippen LogP contribution in [0.4, 0.5) is 10.8 Å². The van der Waals surface area contributed by atoms with Crippen LogP contribution in [0.5, 0.6) is 0 Å². The molecule has 2 heterocycles. The number of aryl methyl sites for hydroxylation is 1. The molecule has 0 unspecified atom stereocenters. The van der Waals surface area contributed by atoms with Crippen molar-refractivity contribution < 1.29 is 26.5 Å². The fourth-order valence-electron chi connectivity index (χ4n) is 3.25. The molecule has 35 heavy (non-hydrogen) atoms. The van der Waals surface area contributed by atoms with Crippen molar-refractivity contribution in [2.24, 2.45) is 12.1 Å². The molecule has 0 atom stereocenters. The number of anilines is 2.